The molecule has 0 aliphatic heterocycles. The van der Waals surface area contributed by atoms with E-state index in [0.29, 0.717) is 5.75 Å². The van der Waals surface area contributed by atoms with E-state index in [1.165, 1.54) is 7.11 Å². The first kappa shape index (κ1) is 12.9. The Balaban J connectivity index is 2.12. The number of methoxy groups -OCH3 is 1. The average Bonchev–Trinajstić information content (AvgIpc) is 2.39. The summed E-state index contributed by atoms with van der Waals surface area (Å²) in [5.41, 5.74) is 0.962. The van der Waals surface area contributed by atoms with Crippen LogP contribution in [0.3, 0.4) is 0 Å². The van der Waals surface area contributed by atoms with Crippen LogP contribution in [-0.4, -0.2) is 18.2 Å². The lowest BCUT2D eigenvalue weighted by Crippen LogP contribution is -2.32. The van der Waals surface area contributed by atoms with E-state index in [1.807, 2.05) is 18.2 Å². The van der Waals surface area contributed by atoms with Gasteiger partial charge in [0.15, 0.2) is 0 Å². The van der Waals surface area contributed by atoms with Crippen LogP contribution in [0.2, 0.25) is 0 Å². The van der Waals surface area contributed by atoms with Gasteiger partial charge in [-0.15, -0.1) is 0 Å². The Kier molecular flexibility index (Phi) is 3.60. The predicted molar refractivity (Wildman–Crippen MR) is 69.4 cm³/mol. The third kappa shape index (κ3) is 2.35. The summed E-state index contributed by atoms with van der Waals surface area (Å²) in [5, 5.41) is 9.96. The van der Waals surface area contributed by atoms with E-state index in [1.54, 1.807) is 6.07 Å². The van der Waals surface area contributed by atoms with E-state index in [-0.39, 0.29) is 17.3 Å². The van der Waals surface area contributed by atoms with Crippen molar-refractivity contribution < 1.29 is 14.6 Å². The minimum absolute atomic E-state index is 0.0222. The number of carbonyl (C=O) groups excluding carboxylic acids is 1. The minimum atomic E-state index is -0.102. The SMILES string of the molecule is COC(=O)C1CCC(C)(c2ccccc2O)CC1. The first-order chi connectivity index (χ1) is 8.57. The van der Waals surface area contributed by atoms with Crippen LogP contribution in [0, 0.1) is 5.92 Å². The van der Waals surface area contributed by atoms with E-state index in [2.05, 4.69) is 6.92 Å². The summed E-state index contributed by atoms with van der Waals surface area (Å²) in [5.74, 6) is 0.278. The standard InChI is InChI=1S/C15H20O3/c1-15(12-5-3-4-6-13(12)16)9-7-11(8-10-15)14(17)18-2/h3-6,11,16H,7-10H2,1-2H3. The van der Waals surface area contributed by atoms with Crippen LogP contribution in [0.25, 0.3) is 0 Å². The van der Waals surface area contributed by atoms with Crippen LogP contribution in [0.1, 0.15) is 38.2 Å². The molecule has 1 saturated carbocycles. The van der Waals surface area contributed by atoms with E-state index in [9.17, 15) is 9.90 Å². The molecule has 98 valence electrons. The number of benzene rings is 1. The fraction of sp³-hybridized carbons (Fsp3) is 0.533. The second-order valence-electron chi connectivity index (χ2n) is 5.38. The Morgan fingerprint density at radius 1 is 1.33 bits per heavy atom. The second-order valence-corrected chi connectivity index (χ2v) is 5.38. The number of hydrogen-bond donors (Lipinski definition) is 1. The Bertz CT molecular complexity index is 431. The van der Waals surface area contributed by atoms with Gasteiger partial charge in [-0.3, -0.25) is 4.79 Å². The molecule has 3 heteroatoms. The van der Waals surface area contributed by atoms with Crippen molar-refractivity contribution in [3.63, 3.8) is 0 Å². The number of hydrogen-bond acceptors (Lipinski definition) is 3. The van der Waals surface area contributed by atoms with Crippen molar-refractivity contribution in [2.24, 2.45) is 5.92 Å². The summed E-state index contributed by atoms with van der Waals surface area (Å²) in [4.78, 5) is 11.5. The molecule has 0 atom stereocenters. The zero-order valence-electron chi connectivity index (χ0n) is 11.0. The van der Waals surface area contributed by atoms with E-state index in [4.69, 9.17) is 4.74 Å². The number of aromatic hydroxyl groups is 1. The molecule has 0 heterocycles. The molecule has 1 aromatic rings. The van der Waals surface area contributed by atoms with Gasteiger partial charge < -0.3 is 9.84 Å². The van der Waals surface area contributed by atoms with Gasteiger partial charge in [-0.25, -0.2) is 0 Å². The van der Waals surface area contributed by atoms with Crippen LogP contribution in [-0.2, 0) is 14.9 Å². The molecule has 0 saturated heterocycles. The van der Waals surface area contributed by atoms with Gasteiger partial charge in [0.25, 0.3) is 0 Å². The molecule has 0 spiro atoms. The van der Waals surface area contributed by atoms with Gasteiger partial charge in [0, 0.05) is 0 Å². The Morgan fingerprint density at radius 3 is 2.50 bits per heavy atom. The lowest BCUT2D eigenvalue weighted by Gasteiger charge is -2.37. The number of carbonyl (C=O) groups is 1. The van der Waals surface area contributed by atoms with Crippen molar-refractivity contribution in [2.45, 2.75) is 38.0 Å². The molecule has 1 fully saturated rings. The summed E-state index contributed by atoms with van der Waals surface area (Å²) in [6, 6.07) is 7.50. The number of para-hydroxylation sites is 1. The maximum Gasteiger partial charge on any atom is 0.308 e. The molecule has 0 bridgehead atoms. The maximum absolute atomic E-state index is 11.5. The van der Waals surface area contributed by atoms with Crippen molar-refractivity contribution in [1.29, 1.82) is 0 Å². The average molecular weight is 248 g/mol. The molecule has 0 amide bonds. The maximum atomic E-state index is 11.5. The minimum Gasteiger partial charge on any atom is -0.508 e. The smallest absolute Gasteiger partial charge is 0.308 e. The number of esters is 1. The van der Waals surface area contributed by atoms with Crippen LogP contribution < -0.4 is 0 Å². The normalized spacial score (nSPS) is 27.8. The molecule has 0 unspecified atom stereocenters. The molecule has 1 aliphatic carbocycles. The topological polar surface area (TPSA) is 46.5 Å². The van der Waals surface area contributed by atoms with Gasteiger partial charge in [-0.2, -0.15) is 0 Å². The van der Waals surface area contributed by atoms with Crippen molar-refractivity contribution in [3.8, 4) is 5.75 Å². The lowest BCUT2D eigenvalue weighted by atomic mass is 9.68. The number of phenols is 1. The van der Waals surface area contributed by atoms with Gasteiger partial charge in [0.1, 0.15) is 5.75 Å². The Morgan fingerprint density at radius 2 is 1.94 bits per heavy atom. The quantitative estimate of drug-likeness (QED) is 0.818. The molecule has 18 heavy (non-hydrogen) atoms. The van der Waals surface area contributed by atoms with Crippen molar-refractivity contribution in [3.05, 3.63) is 29.8 Å². The van der Waals surface area contributed by atoms with Crippen molar-refractivity contribution in [2.75, 3.05) is 7.11 Å². The summed E-state index contributed by atoms with van der Waals surface area (Å²) < 4.78 is 4.80. The van der Waals surface area contributed by atoms with Gasteiger partial charge in [-0.1, -0.05) is 25.1 Å². The Labute approximate surface area is 108 Å². The van der Waals surface area contributed by atoms with Gasteiger partial charge >= 0.3 is 5.97 Å². The van der Waals surface area contributed by atoms with Gasteiger partial charge in [0.05, 0.1) is 13.0 Å². The lowest BCUT2D eigenvalue weighted by molar-refractivity contribution is -0.146. The number of ether oxygens (including phenoxy) is 1. The first-order valence-corrected chi connectivity index (χ1v) is 6.43. The fourth-order valence-electron chi connectivity index (χ4n) is 2.91. The summed E-state index contributed by atoms with van der Waals surface area (Å²) in [6.07, 6.45) is 3.48. The summed E-state index contributed by atoms with van der Waals surface area (Å²) in [6.45, 7) is 2.16. The highest BCUT2D eigenvalue weighted by atomic mass is 16.5. The van der Waals surface area contributed by atoms with Gasteiger partial charge in [0.2, 0.25) is 0 Å². The number of phenolic OH excluding ortho intramolecular Hbond substituents is 1. The summed E-state index contributed by atoms with van der Waals surface area (Å²) >= 11 is 0. The van der Waals surface area contributed by atoms with E-state index < -0.39 is 0 Å². The third-order valence-electron chi connectivity index (χ3n) is 4.18. The monoisotopic (exact) mass is 248 g/mol. The highest BCUT2D eigenvalue weighted by Crippen LogP contribution is 2.44. The molecule has 2 rings (SSSR count). The third-order valence-corrected chi connectivity index (χ3v) is 4.18. The molecule has 1 aromatic carbocycles. The molecular formula is C15H20O3. The molecular weight excluding hydrogens is 228 g/mol. The molecule has 1 aliphatic rings. The molecule has 0 radical (unpaired) electrons. The van der Waals surface area contributed by atoms with Crippen molar-refractivity contribution >= 4 is 5.97 Å². The first-order valence-electron chi connectivity index (χ1n) is 6.43. The largest absolute Gasteiger partial charge is 0.508 e. The summed E-state index contributed by atoms with van der Waals surface area (Å²) in [7, 11) is 1.44. The van der Waals surface area contributed by atoms with Crippen molar-refractivity contribution in [1.82, 2.24) is 0 Å². The van der Waals surface area contributed by atoms with Crippen LogP contribution in [0.4, 0.5) is 0 Å². The Hall–Kier alpha value is -1.51. The predicted octanol–water partition coefficient (Wildman–Crippen LogP) is 3.01. The molecule has 3 nitrogen and oxygen atoms in total. The molecule has 1 N–H and O–H groups in total. The zero-order valence-corrected chi connectivity index (χ0v) is 11.0. The molecule has 0 aromatic heterocycles. The highest BCUT2D eigenvalue weighted by molar-refractivity contribution is 5.72. The number of rotatable bonds is 2. The fourth-order valence-corrected chi connectivity index (χ4v) is 2.91. The highest BCUT2D eigenvalue weighted by Gasteiger charge is 2.36. The van der Waals surface area contributed by atoms with Gasteiger partial charge in [-0.05, 0) is 42.7 Å². The van der Waals surface area contributed by atoms with E-state index >= 15 is 0 Å². The van der Waals surface area contributed by atoms with E-state index in [0.717, 1.165) is 31.2 Å². The van der Waals surface area contributed by atoms with Crippen LogP contribution >= 0.6 is 0 Å². The van der Waals surface area contributed by atoms with Crippen LogP contribution in [0.5, 0.6) is 5.75 Å². The second kappa shape index (κ2) is 5.01. The zero-order chi connectivity index (χ0) is 13.2. The van der Waals surface area contributed by atoms with Crippen LogP contribution in [0.15, 0.2) is 24.3 Å².